The summed E-state index contributed by atoms with van der Waals surface area (Å²) in [6.07, 6.45) is 4.69. The summed E-state index contributed by atoms with van der Waals surface area (Å²) >= 11 is 0. The monoisotopic (exact) mass is 372 g/mol. The highest BCUT2D eigenvalue weighted by Crippen LogP contribution is 2.30. The Hall–Kier alpha value is -2.45. The van der Waals surface area contributed by atoms with Crippen molar-refractivity contribution >= 4 is 21.6 Å². The SMILES string of the molecule is O=C(Cc1cccnc1)N1CCC[C@H]1[C@@H]1Nc2ccccc2S(=O)(=O)N1. The molecule has 0 aliphatic carbocycles. The Kier molecular flexibility index (Phi) is 4.37. The molecule has 7 nitrogen and oxygen atoms in total. The van der Waals surface area contributed by atoms with Gasteiger partial charge in [0.15, 0.2) is 0 Å². The van der Waals surface area contributed by atoms with Gasteiger partial charge in [0.25, 0.3) is 0 Å². The molecule has 2 N–H and O–H groups in total. The Bertz CT molecular complexity index is 917. The Morgan fingerprint density at radius 1 is 1.23 bits per heavy atom. The van der Waals surface area contributed by atoms with Crippen LogP contribution in [-0.4, -0.2) is 43.0 Å². The molecule has 0 bridgehead atoms. The molecule has 1 amide bonds. The van der Waals surface area contributed by atoms with Gasteiger partial charge in [0.05, 0.1) is 18.2 Å². The molecule has 1 aromatic carbocycles. The number of nitrogens with zero attached hydrogens (tertiary/aromatic N) is 2. The summed E-state index contributed by atoms with van der Waals surface area (Å²) in [7, 11) is -3.60. The lowest BCUT2D eigenvalue weighted by Crippen LogP contribution is -2.56. The minimum Gasteiger partial charge on any atom is -0.366 e. The standard InChI is InChI=1S/C18H20N4O3S/c23-17(11-13-5-3-9-19-12-13)22-10-4-7-15(22)18-20-14-6-1-2-8-16(14)26(24,25)21-18/h1-3,5-6,8-9,12,15,18,20-21H,4,7,10-11H2/t15-,18+/m0/s1. The molecular weight excluding hydrogens is 352 g/mol. The third-order valence-electron chi connectivity index (χ3n) is 4.85. The highest BCUT2D eigenvalue weighted by atomic mass is 32.2. The Balaban J connectivity index is 1.55. The van der Waals surface area contributed by atoms with Gasteiger partial charge in [0.2, 0.25) is 15.9 Å². The summed E-state index contributed by atoms with van der Waals surface area (Å²) in [4.78, 5) is 18.8. The summed E-state index contributed by atoms with van der Waals surface area (Å²) in [5, 5.41) is 3.25. The molecule has 0 unspecified atom stereocenters. The predicted octanol–water partition coefficient (Wildman–Crippen LogP) is 1.35. The molecule has 0 radical (unpaired) electrons. The third-order valence-corrected chi connectivity index (χ3v) is 6.35. The highest BCUT2D eigenvalue weighted by Gasteiger charge is 2.40. The summed E-state index contributed by atoms with van der Waals surface area (Å²) in [6, 6.07) is 10.3. The smallest absolute Gasteiger partial charge is 0.244 e. The van der Waals surface area contributed by atoms with Crippen molar-refractivity contribution in [3.05, 3.63) is 54.4 Å². The van der Waals surface area contributed by atoms with Crippen LogP contribution in [0.3, 0.4) is 0 Å². The zero-order chi connectivity index (χ0) is 18.1. The van der Waals surface area contributed by atoms with Gasteiger partial charge in [-0.15, -0.1) is 0 Å². The van der Waals surface area contributed by atoms with Crippen LogP contribution in [-0.2, 0) is 21.2 Å². The van der Waals surface area contributed by atoms with Gasteiger partial charge in [-0.1, -0.05) is 18.2 Å². The van der Waals surface area contributed by atoms with Crippen molar-refractivity contribution in [2.24, 2.45) is 0 Å². The zero-order valence-corrected chi connectivity index (χ0v) is 14.9. The lowest BCUT2D eigenvalue weighted by Gasteiger charge is -2.36. The van der Waals surface area contributed by atoms with Crippen LogP contribution in [0.2, 0.25) is 0 Å². The fourth-order valence-electron chi connectivity index (χ4n) is 3.65. The van der Waals surface area contributed by atoms with Crippen LogP contribution < -0.4 is 10.0 Å². The highest BCUT2D eigenvalue weighted by molar-refractivity contribution is 7.89. The second-order valence-corrected chi connectivity index (χ2v) is 8.26. The average molecular weight is 372 g/mol. The van der Waals surface area contributed by atoms with Gasteiger partial charge in [-0.25, -0.2) is 8.42 Å². The maximum absolute atomic E-state index is 12.8. The molecule has 0 spiro atoms. The number of fused-ring (bicyclic) bond motifs is 1. The first-order chi connectivity index (χ1) is 12.5. The van der Waals surface area contributed by atoms with Crippen LogP contribution in [0.25, 0.3) is 0 Å². The Labute approximate surface area is 152 Å². The first-order valence-electron chi connectivity index (χ1n) is 8.61. The number of carbonyl (C=O) groups is 1. The first kappa shape index (κ1) is 17.0. The summed E-state index contributed by atoms with van der Waals surface area (Å²) in [5.74, 6) is -0.0136. The van der Waals surface area contributed by atoms with Gasteiger partial charge in [-0.3, -0.25) is 9.78 Å². The number of carbonyl (C=O) groups excluding carboxylic acids is 1. The van der Waals surface area contributed by atoms with E-state index in [1.165, 1.54) is 0 Å². The number of nitrogens with one attached hydrogen (secondary N) is 2. The van der Waals surface area contributed by atoms with Crippen molar-refractivity contribution in [2.45, 2.75) is 36.4 Å². The lowest BCUT2D eigenvalue weighted by molar-refractivity contribution is -0.131. The van der Waals surface area contributed by atoms with E-state index in [4.69, 9.17) is 0 Å². The van der Waals surface area contributed by atoms with E-state index in [0.29, 0.717) is 12.2 Å². The molecule has 8 heteroatoms. The molecule has 2 atom stereocenters. The number of anilines is 1. The van der Waals surface area contributed by atoms with E-state index < -0.39 is 16.2 Å². The zero-order valence-electron chi connectivity index (χ0n) is 14.1. The van der Waals surface area contributed by atoms with Crippen LogP contribution in [0.15, 0.2) is 53.7 Å². The van der Waals surface area contributed by atoms with Gasteiger partial charge in [0.1, 0.15) is 11.1 Å². The maximum atomic E-state index is 12.8. The first-order valence-corrected chi connectivity index (χ1v) is 10.1. The predicted molar refractivity (Wildman–Crippen MR) is 96.9 cm³/mol. The van der Waals surface area contributed by atoms with Gasteiger partial charge in [-0.05, 0) is 36.6 Å². The fourth-order valence-corrected chi connectivity index (χ4v) is 5.00. The molecule has 2 aliphatic heterocycles. The minimum atomic E-state index is -3.60. The van der Waals surface area contributed by atoms with E-state index in [1.54, 1.807) is 47.6 Å². The molecule has 2 aliphatic rings. The number of rotatable bonds is 3. The van der Waals surface area contributed by atoms with E-state index in [1.807, 2.05) is 6.07 Å². The van der Waals surface area contributed by atoms with Crippen molar-refractivity contribution in [1.82, 2.24) is 14.6 Å². The number of likely N-dealkylation sites (tertiary alicyclic amines) is 1. The van der Waals surface area contributed by atoms with Crippen molar-refractivity contribution in [3.8, 4) is 0 Å². The molecule has 1 fully saturated rings. The molecule has 0 saturated carbocycles. The van der Waals surface area contributed by atoms with Gasteiger partial charge in [0, 0.05) is 18.9 Å². The Morgan fingerprint density at radius 3 is 2.88 bits per heavy atom. The molecule has 26 heavy (non-hydrogen) atoms. The number of sulfonamides is 1. The van der Waals surface area contributed by atoms with Crippen LogP contribution in [0.4, 0.5) is 5.69 Å². The van der Waals surface area contributed by atoms with Crippen LogP contribution in [0.5, 0.6) is 0 Å². The lowest BCUT2D eigenvalue weighted by atomic mass is 10.1. The molecule has 4 rings (SSSR count). The van der Waals surface area contributed by atoms with Crippen LogP contribution in [0, 0.1) is 0 Å². The number of hydrogen-bond acceptors (Lipinski definition) is 5. The van der Waals surface area contributed by atoms with Crippen molar-refractivity contribution in [2.75, 3.05) is 11.9 Å². The average Bonchev–Trinajstić information content (AvgIpc) is 3.12. The molecule has 1 aromatic heterocycles. The number of aromatic nitrogens is 1. The van der Waals surface area contributed by atoms with Gasteiger partial charge in [-0.2, -0.15) is 4.72 Å². The second kappa shape index (κ2) is 6.69. The summed E-state index contributed by atoms with van der Waals surface area (Å²) in [5.41, 5.74) is 1.42. The molecule has 1 saturated heterocycles. The minimum absolute atomic E-state index is 0.0136. The molecular formula is C18H20N4O3S. The maximum Gasteiger partial charge on any atom is 0.244 e. The second-order valence-electron chi connectivity index (χ2n) is 6.57. The number of hydrogen-bond donors (Lipinski definition) is 2. The quantitative estimate of drug-likeness (QED) is 0.849. The summed E-state index contributed by atoms with van der Waals surface area (Å²) < 4.78 is 27.8. The summed E-state index contributed by atoms with van der Waals surface area (Å²) in [6.45, 7) is 0.630. The topological polar surface area (TPSA) is 91.4 Å². The molecule has 136 valence electrons. The van der Waals surface area contributed by atoms with E-state index in [2.05, 4.69) is 15.0 Å². The van der Waals surface area contributed by atoms with Crippen LogP contribution >= 0.6 is 0 Å². The van der Waals surface area contributed by atoms with E-state index in [-0.39, 0.29) is 23.3 Å². The third kappa shape index (κ3) is 3.17. The molecule has 2 aromatic rings. The van der Waals surface area contributed by atoms with E-state index >= 15 is 0 Å². The number of amides is 1. The number of pyridine rings is 1. The number of para-hydroxylation sites is 1. The van der Waals surface area contributed by atoms with Gasteiger partial charge < -0.3 is 10.2 Å². The fraction of sp³-hybridized carbons (Fsp3) is 0.333. The largest absolute Gasteiger partial charge is 0.366 e. The van der Waals surface area contributed by atoms with Crippen molar-refractivity contribution in [1.29, 1.82) is 0 Å². The number of benzene rings is 1. The van der Waals surface area contributed by atoms with Gasteiger partial charge >= 0.3 is 0 Å². The van der Waals surface area contributed by atoms with E-state index in [9.17, 15) is 13.2 Å². The molecule has 3 heterocycles. The van der Waals surface area contributed by atoms with Crippen molar-refractivity contribution in [3.63, 3.8) is 0 Å². The van der Waals surface area contributed by atoms with E-state index in [0.717, 1.165) is 18.4 Å². The Morgan fingerprint density at radius 2 is 2.08 bits per heavy atom. The van der Waals surface area contributed by atoms with Crippen LogP contribution in [0.1, 0.15) is 18.4 Å². The normalized spacial score (nSPS) is 23.9. The van der Waals surface area contributed by atoms with Crippen molar-refractivity contribution < 1.29 is 13.2 Å².